The molecule has 1 unspecified atom stereocenters. The molecule has 1 fully saturated rings. The second-order valence-corrected chi connectivity index (χ2v) is 8.18. The van der Waals surface area contributed by atoms with Crippen LogP contribution in [0.3, 0.4) is 0 Å². The zero-order chi connectivity index (χ0) is 22.0. The van der Waals surface area contributed by atoms with Gasteiger partial charge in [-0.15, -0.1) is 0 Å². The Balaban J connectivity index is 1.45. The molecule has 1 heterocycles. The lowest BCUT2D eigenvalue weighted by molar-refractivity contribution is 0.183. The van der Waals surface area contributed by atoms with E-state index in [1.54, 1.807) is 12.1 Å². The highest BCUT2D eigenvalue weighted by molar-refractivity contribution is 5.57. The third kappa shape index (κ3) is 4.88. The van der Waals surface area contributed by atoms with E-state index in [0.717, 1.165) is 43.4 Å². The summed E-state index contributed by atoms with van der Waals surface area (Å²) in [6.45, 7) is 0. The van der Waals surface area contributed by atoms with Crippen LogP contribution in [0.25, 0.3) is 17.5 Å². The Bertz CT molecular complexity index is 1080. The van der Waals surface area contributed by atoms with Crippen molar-refractivity contribution in [1.82, 2.24) is 15.0 Å². The zero-order valence-corrected chi connectivity index (χ0v) is 17.5. The molecule has 31 heavy (non-hydrogen) atoms. The van der Waals surface area contributed by atoms with Crippen molar-refractivity contribution >= 4 is 6.08 Å². The summed E-state index contributed by atoms with van der Waals surface area (Å²) in [4.78, 5) is 6.39. The SMILES string of the molecule is CN(C)C(c1cccc(F)c1)C1CCC(=Cc2nc(-c3ccc(F)cc3F)no2)CC1. The first kappa shape index (κ1) is 21.3. The molecule has 4 rings (SSSR count). The summed E-state index contributed by atoms with van der Waals surface area (Å²) in [6, 6.07) is 10.2. The van der Waals surface area contributed by atoms with Crippen LogP contribution in [-0.4, -0.2) is 29.1 Å². The number of rotatable bonds is 5. The zero-order valence-electron chi connectivity index (χ0n) is 17.5. The van der Waals surface area contributed by atoms with Crippen molar-refractivity contribution in [3.8, 4) is 11.4 Å². The smallest absolute Gasteiger partial charge is 0.250 e. The molecular weight excluding hydrogens is 403 g/mol. The molecule has 1 saturated carbocycles. The highest BCUT2D eigenvalue weighted by Crippen LogP contribution is 2.39. The van der Waals surface area contributed by atoms with Gasteiger partial charge < -0.3 is 9.42 Å². The first-order valence-electron chi connectivity index (χ1n) is 10.3. The molecule has 1 aromatic heterocycles. The van der Waals surface area contributed by atoms with E-state index in [1.165, 1.54) is 17.7 Å². The van der Waals surface area contributed by atoms with Gasteiger partial charge in [-0.05, 0) is 75.5 Å². The molecule has 7 heteroatoms. The van der Waals surface area contributed by atoms with Crippen molar-refractivity contribution < 1.29 is 17.7 Å². The monoisotopic (exact) mass is 427 g/mol. The molecule has 1 aliphatic rings. The fourth-order valence-electron chi connectivity index (χ4n) is 4.40. The van der Waals surface area contributed by atoms with Gasteiger partial charge in [0.15, 0.2) is 0 Å². The van der Waals surface area contributed by atoms with Gasteiger partial charge in [-0.25, -0.2) is 13.2 Å². The Labute approximate surface area is 179 Å². The molecule has 0 aliphatic heterocycles. The number of allylic oxidation sites excluding steroid dienone is 1. The Morgan fingerprint density at radius 2 is 1.77 bits per heavy atom. The van der Waals surface area contributed by atoms with Gasteiger partial charge in [0.25, 0.3) is 5.89 Å². The first-order chi connectivity index (χ1) is 14.9. The van der Waals surface area contributed by atoms with Gasteiger partial charge >= 0.3 is 0 Å². The minimum atomic E-state index is -0.729. The lowest BCUT2D eigenvalue weighted by Gasteiger charge is -2.36. The summed E-state index contributed by atoms with van der Waals surface area (Å²) in [6.07, 6.45) is 5.50. The topological polar surface area (TPSA) is 42.2 Å². The normalized spacial score (nSPS) is 17.7. The lowest BCUT2D eigenvalue weighted by Crippen LogP contribution is -2.29. The summed E-state index contributed by atoms with van der Waals surface area (Å²) in [7, 11) is 4.05. The second-order valence-electron chi connectivity index (χ2n) is 8.18. The summed E-state index contributed by atoms with van der Waals surface area (Å²) in [5.74, 6) is -0.796. The summed E-state index contributed by atoms with van der Waals surface area (Å²) < 4.78 is 46.0. The van der Waals surface area contributed by atoms with Crippen molar-refractivity contribution in [2.75, 3.05) is 14.1 Å². The summed E-state index contributed by atoms with van der Waals surface area (Å²) >= 11 is 0. The van der Waals surface area contributed by atoms with E-state index in [4.69, 9.17) is 4.52 Å². The second kappa shape index (κ2) is 9.06. The minimum absolute atomic E-state index is 0.0943. The van der Waals surface area contributed by atoms with E-state index >= 15 is 0 Å². The minimum Gasteiger partial charge on any atom is -0.334 e. The maximum atomic E-state index is 13.9. The van der Waals surface area contributed by atoms with Crippen LogP contribution < -0.4 is 0 Å². The molecule has 0 radical (unpaired) electrons. The van der Waals surface area contributed by atoms with Crippen molar-refractivity contribution in [2.45, 2.75) is 31.7 Å². The van der Waals surface area contributed by atoms with E-state index in [-0.39, 0.29) is 23.2 Å². The van der Waals surface area contributed by atoms with Crippen LogP contribution in [0, 0.1) is 23.4 Å². The van der Waals surface area contributed by atoms with E-state index < -0.39 is 11.6 Å². The third-order valence-corrected chi connectivity index (χ3v) is 5.81. The molecule has 0 saturated heterocycles. The fraction of sp³-hybridized carbons (Fsp3) is 0.333. The fourth-order valence-corrected chi connectivity index (χ4v) is 4.40. The Kier molecular flexibility index (Phi) is 6.23. The Morgan fingerprint density at radius 1 is 1.03 bits per heavy atom. The van der Waals surface area contributed by atoms with Crippen molar-refractivity contribution in [2.24, 2.45) is 5.92 Å². The van der Waals surface area contributed by atoms with Gasteiger partial charge in [0.05, 0.1) is 5.56 Å². The molecule has 0 N–H and O–H groups in total. The molecule has 162 valence electrons. The van der Waals surface area contributed by atoms with Crippen LogP contribution in [0.15, 0.2) is 52.6 Å². The van der Waals surface area contributed by atoms with Gasteiger partial charge in [0, 0.05) is 18.2 Å². The summed E-state index contributed by atoms with van der Waals surface area (Å²) in [5.41, 5.74) is 2.27. The molecule has 1 aliphatic carbocycles. The summed E-state index contributed by atoms with van der Waals surface area (Å²) in [5, 5.41) is 3.82. The van der Waals surface area contributed by atoms with Crippen molar-refractivity contribution in [3.05, 3.63) is 76.9 Å². The Hall–Kier alpha value is -2.93. The number of hydrogen-bond donors (Lipinski definition) is 0. The highest BCUT2D eigenvalue weighted by atomic mass is 19.1. The standard InChI is InChI=1S/C24H24F3N3O/c1-30(2)23(17-4-3-5-18(25)13-17)16-8-6-15(7-9-16)12-22-28-24(29-31-22)20-11-10-19(26)14-21(20)27/h3-5,10-14,16,23H,6-9H2,1-2H3. The average molecular weight is 427 g/mol. The number of halogens is 3. The van der Waals surface area contributed by atoms with Crippen molar-refractivity contribution in [1.29, 1.82) is 0 Å². The lowest BCUT2D eigenvalue weighted by atomic mass is 9.78. The van der Waals surface area contributed by atoms with E-state index in [1.807, 2.05) is 26.2 Å². The molecular formula is C24H24F3N3O. The van der Waals surface area contributed by atoms with E-state index in [2.05, 4.69) is 15.0 Å². The van der Waals surface area contributed by atoms with E-state index in [9.17, 15) is 13.2 Å². The van der Waals surface area contributed by atoms with Gasteiger partial charge in [-0.1, -0.05) is 22.9 Å². The molecule has 4 nitrogen and oxygen atoms in total. The number of hydrogen-bond acceptors (Lipinski definition) is 4. The predicted molar refractivity (Wildman–Crippen MR) is 112 cm³/mol. The molecule has 3 aromatic rings. The molecule has 1 atom stereocenters. The predicted octanol–water partition coefficient (Wildman–Crippen LogP) is 6.03. The first-order valence-corrected chi connectivity index (χ1v) is 10.3. The van der Waals surface area contributed by atoms with Crippen LogP contribution in [0.4, 0.5) is 13.2 Å². The largest absolute Gasteiger partial charge is 0.334 e. The number of benzene rings is 2. The van der Waals surface area contributed by atoms with Crippen LogP contribution in [0.5, 0.6) is 0 Å². The number of aromatic nitrogens is 2. The molecule has 0 spiro atoms. The van der Waals surface area contributed by atoms with Gasteiger partial charge in [-0.3, -0.25) is 0 Å². The molecule has 0 bridgehead atoms. The van der Waals surface area contributed by atoms with Gasteiger partial charge in [0.1, 0.15) is 17.5 Å². The number of nitrogens with zero attached hydrogens (tertiary/aromatic N) is 3. The maximum absolute atomic E-state index is 13.9. The quantitative estimate of drug-likeness (QED) is 0.499. The van der Waals surface area contributed by atoms with Crippen LogP contribution in [0.1, 0.15) is 43.2 Å². The van der Waals surface area contributed by atoms with Crippen molar-refractivity contribution in [3.63, 3.8) is 0 Å². The van der Waals surface area contributed by atoms with Gasteiger partial charge in [-0.2, -0.15) is 4.98 Å². The highest BCUT2D eigenvalue weighted by Gasteiger charge is 2.28. The van der Waals surface area contributed by atoms with Crippen LogP contribution >= 0.6 is 0 Å². The molecule has 2 aromatic carbocycles. The molecule has 0 amide bonds. The maximum Gasteiger partial charge on any atom is 0.250 e. The van der Waals surface area contributed by atoms with Gasteiger partial charge in [0.2, 0.25) is 5.82 Å². The Morgan fingerprint density at radius 3 is 2.45 bits per heavy atom. The van der Waals surface area contributed by atoms with Crippen LogP contribution in [-0.2, 0) is 0 Å². The average Bonchev–Trinajstić information content (AvgIpc) is 3.17. The third-order valence-electron chi connectivity index (χ3n) is 5.81. The van der Waals surface area contributed by atoms with E-state index in [0.29, 0.717) is 11.8 Å². The van der Waals surface area contributed by atoms with Crippen LogP contribution in [0.2, 0.25) is 0 Å².